The van der Waals surface area contributed by atoms with Crippen LogP contribution in [0.4, 0.5) is 0 Å². The molecule has 1 aromatic heterocycles. The number of piperazine rings is 1. The fourth-order valence-electron chi connectivity index (χ4n) is 2.57. The number of hydrogen-bond donors (Lipinski definition) is 1. The summed E-state index contributed by atoms with van der Waals surface area (Å²) >= 11 is 5.87. The molecule has 0 radical (unpaired) electrons. The Morgan fingerprint density at radius 3 is 2.62 bits per heavy atom. The lowest BCUT2D eigenvalue weighted by atomic mass is 10.1. The molecule has 0 aromatic carbocycles. The fraction of sp³-hybridized carbons (Fsp3) is 0.667. The van der Waals surface area contributed by atoms with Crippen LogP contribution in [0.25, 0.3) is 0 Å². The van der Waals surface area contributed by atoms with Crippen molar-refractivity contribution in [3.05, 3.63) is 23.1 Å². The summed E-state index contributed by atoms with van der Waals surface area (Å²) in [7, 11) is 0. The van der Waals surface area contributed by atoms with Gasteiger partial charge in [-0.3, -0.25) is 4.90 Å². The Morgan fingerprint density at radius 2 is 2.06 bits per heavy atom. The van der Waals surface area contributed by atoms with E-state index in [1.807, 2.05) is 12.1 Å². The Labute approximate surface area is 101 Å². The molecule has 1 aromatic rings. The van der Waals surface area contributed by atoms with Crippen molar-refractivity contribution in [3.63, 3.8) is 0 Å². The zero-order valence-corrected chi connectivity index (χ0v) is 10.0. The van der Waals surface area contributed by atoms with E-state index in [1.54, 1.807) is 0 Å². The molecule has 1 atom stereocenters. The highest BCUT2D eigenvalue weighted by Crippen LogP contribution is 2.45. The van der Waals surface area contributed by atoms with Crippen LogP contribution in [0.1, 0.15) is 24.6 Å². The van der Waals surface area contributed by atoms with Gasteiger partial charge in [-0.25, -0.2) is 0 Å². The largest absolute Gasteiger partial charge is 0.448 e. The maximum atomic E-state index is 5.87. The minimum absolute atomic E-state index is 0.453. The van der Waals surface area contributed by atoms with Crippen molar-refractivity contribution < 1.29 is 4.42 Å². The highest BCUT2D eigenvalue weighted by Gasteiger charge is 2.38. The molecule has 1 aliphatic heterocycles. The molecule has 2 aliphatic rings. The van der Waals surface area contributed by atoms with Crippen molar-refractivity contribution in [1.82, 2.24) is 10.2 Å². The van der Waals surface area contributed by atoms with Crippen LogP contribution in [0, 0.1) is 5.92 Å². The second-order valence-electron chi connectivity index (χ2n) is 4.71. The van der Waals surface area contributed by atoms with E-state index in [9.17, 15) is 0 Å². The van der Waals surface area contributed by atoms with Crippen molar-refractivity contribution in [3.8, 4) is 0 Å². The summed E-state index contributed by atoms with van der Waals surface area (Å²) in [4.78, 5) is 2.53. The van der Waals surface area contributed by atoms with E-state index in [-0.39, 0.29) is 0 Å². The number of rotatable bonds is 3. The van der Waals surface area contributed by atoms with Crippen LogP contribution >= 0.6 is 11.6 Å². The Hall–Kier alpha value is -0.510. The second-order valence-corrected chi connectivity index (χ2v) is 5.08. The smallest absolute Gasteiger partial charge is 0.193 e. The zero-order valence-electron chi connectivity index (χ0n) is 9.29. The van der Waals surface area contributed by atoms with Crippen LogP contribution < -0.4 is 5.32 Å². The average Bonchev–Trinajstić information content (AvgIpc) is 3.04. The lowest BCUT2D eigenvalue weighted by Gasteiger charge is -2.33. The molecule has 1 unspecified atom stereocenters. The molecule has 1 aliphatic carbocycles. The third-order valence-corrected chi connectivity index (χ3v) is 3.70. The standard InChI is InChI=1S/C12H17ClN2O/c13-11-4-3-10(16-11)12(9-1-2-9)15-7-5-14-6-8-15/h3-4,9,12,14H,1-2,5-8H2. The molecule has 0 bridgehead atoms. The van der Waals surface area contributed by atoms with Gasteiger partial charge in [0.05, 0.1) is 6.04 Å². The Kier molecular flexibility index (Phi) is 2.92. The van der Waals surface area contributed by atoms with Gasteiger partial charge in [-0.1, -0.05) is 0 Å². The van der Waals surface area contributed by atoms with Crippen molar-refractivity contribution in [2.75, 3.05) is 26.2 Å². The maximum Gasteiger partial charge on any atom is 0.193 e. The summed E-state index contributed by atoms with van der Waals surface area (Å²) in [5, 5.41) is 3.90. The number of nitrogens with one attached hydrogen (secondary N) is 1. The van der Waals surface area contributed by atoms with Gasteiger partial charge in [0.1, 0.15) is 5.76 Å². The van der Waals surface area contributed by atoms with Crippen LogP contribution in [-0.2, 0) is 0 Å². The minimum atomic E-state index is 0.453. The summed E-state index contributed by atoms with van der Waals surface area (Å²) in [5.41, 5.74) is 0. The molecule has 3 nitrogen and oxygen atoms in total. The van der Waals surface area contributed by atoms with E-state index in [0.717, 1.165) is 37.9 Å². The van der Waals surface area contributed by atoms with Gasteiger partial charge < -0.3 is 9.73 Å². The summed E-state index contributed by atoms with van der Waals surface area (Å²) in [6.45, 7) is 4.38. The van der Waals surface area contributed by atoms with E-state index >= 15 is 0 Å². The van der Waals surface area contributed by atoms with E-state index in [0.29, 0.717) is 11.3 Å². The summed E-state index contributed by atoms with van der Waals surface area (Å²) < 4.78 is 5.60. The maximum absolute atomic E-state index is 5.87. The first kappa shape index (κ1) is 10.6. The molecule has 1 saturated carbocycles. The lowest BCUT2D eigenvalue weighted by Crippen LogP contribution is -2.45. The highest BCUT2D eigenvalue weighted by atomic mass is 35.5. The molecule has 88 valence electrons. The summed E-state index contributed by atoms with van der Waals surface area (Å²) in [6.07, 6.45) is 2.65. The molecular formula is C12H17ClN2O. The monoisotopic (exact) mass is 240 g/mol. The third-order valence-electron chi connectivity index (χ3n) is 3.50. The van der Waals surface area contributed by atoms with Crippen molar-refractivity contribution >= 4 is 11.6 Å². The van der Waals surface area contributed by atoms with Gasteiger partial charge in [-0.2, -0.15) is 0 Å². The van der Waals surface area contributed by atoms with Gasteiger partial charge in [0.2, 0.25) is 0 Å². The predicted octanol–water partition coefficient (Wildman–Crippen LogP) is 2.29. The first-order valence-electron chi connectivity index (χ1n) is 6.04. The molecule has 1 saturated heterocycles. The van der Waals surface area contributed by atoms with Crippen molar-refractivity contribution in [1.29, 1.82) is 0 Å². The first-order valence-corrected chi connectivity index (χ1v) is 6.42. The van der Waals surface area contributed by atoms with Gasteiger partial charge in [0.15, 0.2) is 5.22 Å². The van der Waals surface area contributed by atoms with E-state index in [2.05, 4.69) is 10.2 Å². The average molecular weight is 241 g/mol. The van der Waals surface area contributed by atoms with Gasteiger partial charge in [0, 0.05) is 26.2 Å². The number of halogens is 1. The predicted molar refractivity (Wildman–Crippen MR) is 63.6 cm³/mol. The quantitative estimate of drug-likeness (QED) is 0.879. The van der Waals surface area contributed by atoms with Gasteiger partial charge in [-0.15, -0.1) is 0 Å². The van der Waals surface area contributed by atoms with Crippen molar-refractivity contribution in [2.45, 2.75) is 18.9 Å². The molecule has 4 heteroatoms. The summed E-state index contributed by atoms with van der Waals surface area (Å²) in [6, 6.07) is 4.34. The van der Waals surface area contributed by atoms with Crippen LogP contribution in [0.5, 0.6) is 0 Å². The third kappa shape index (κ3) is 2.12. The SMILES string of the molecule is Clc1ccc(C(C2CC2)N2CCNCC2)o1. The topological polar surface area (TPSA) is 28.4 Å². The van der Waals surface area contributed by atoms with Crippen molar-refractivity contribution in [2.24, 2.45) is 5.92 Å². The molecule has 3 rings (SSSR count). The highest BCUT2D eigenvalue weighted by molar-refractivity contribution is 6.28. The zero-order chi connectivity index (χ0) is 11.0. The molecule has 2 fully saturated rings. The van der Waals surface area contributed by atoms with Crippen LogP contribution in [-0.4, -0.2) is 31.1 Å². The lowest BCUT2D eigenvalue weighted by molar-refractivity contribution is 0.137. The van der Waals surface area contributed by atoms with E-state index < -0.39 is 0 Å². The fourth-order valence-corrected chi connectivity index (χ4v) is 2.72. The molecule has 16 heavy (non-hydrogen) atoms. The molecule has 0 amide bonds. The van der Waals surface area contributed by atoms with E-state index in [4.69, 9.17) is 16.0 Å². The summed E-state index contributed by atoms with van der Waals surface area (Å²) in [5.74, 6) is 1.83. The normalized spacial score (nSPS) is 24.6. The minimum Gasteiger partial charge on any atom is -0.448 e. The molecular weight excluding hydrogens is 224 g/mol. The Balaban J connectivity index is 1.79. The first-order chi connectivity index (χ1) is 7.84. The van der Waals surface area contributed by atoms with Gasteiger partial charge in [-0.05, 0) is 42.5 Å². The van der Waals surface area contributed by atoms with Crippen LogP contribution in [0.2, 0.25) is 5.22 Å². The number of hydrogen-bond acceptors (Lipinski definition) is 3. The number of nitrogens with zero attached hydrogens (tertiary/aromatic N) is 1. The second kappa shape index (κ2) is 4.40. The van der Waals surface area contributed by atoms with E-state index in [1.165, 1.54) is 12.8 Å². The van der Waals surface area contributed by atoms with Gasteiger partial charge in [0.25, 0.3) is 0 Å². The van der Waals surface area contributed by atoms with Gasteiger partial charge >= 0.3 is 0 Å². The molecule has 0 spiro atoms. The Bertz CT molecular complexity index is 356. The Morgan fingerprint density at radius 1 is 1.31 bits per heavy atom. The van der Waals surface area contributed by atoms with Crippen LogP contribution in [0.15, 0.2) is 16.5 Å². The van der Waals surface area contributed by atoms with Crippen LogP contribution in [0.3, 0.4) is 0 Å². The molecule has 2 heterocycles. The molecule has 1 N–H and O–H groups in total. The number of furan rings is 1.